The third-order valence-electron chi connectivity index (χ3n) is 2.61. The second-order valence-electron chi connectivity index (χ2n) is 4.44. The van der Waals surface area contributed by atoms with Crippen LogP contribution in [0.15, 0.2) is 35.0 Å². The summed E-state index contributed by atoms with van der Waals surface area (Å²) in [7, 11) is 2.15. The number of likely N-dealkylation sites (N-methyl/N-ethyl adjacent to an activating group) is 1. The quantitative estimate of drug-likeness (QED) is 0.700. The molecule has 1 aliphatic rings. The van der Waals surface area contributed by atoms with Gasteiger partial charge in [-0.05, 0) is 33.0 Å². The van der Waals surface area contributed by atoms with E-state index in [-0.39, 0.29) is 0 Å². The minimum absolute atomic E-state index is 0.812. The first kappa shape index (κ1) is 13.3. The van der Waals surface area contributed by atoms with E-state index in [9.17, 15) is 0 Å². The number of piperazine rings is 1. The fourth-order valence-electron chi connectivity index (χ4n) is 1.75. The molecule has 0 spiro atoms. The molecule has 0 atom stereocenters. The largest absolute Gasteiger partial charge is 0.369 e. The molecule has 1 saturated heterocycles. The number of hydrogen-bond acceptors (Lipinski definition) is 2. The van der Waals surface area contributed by atoms with E-state index in [1.807, 2.05) is 19.9 Å². The molecule has 1 rings (SSSR count). The molecule has 16 heavy (non-hydrogen) atoms. The smallest absolute Gasteiger partial charge is 0.0381 e. The highest BCUT2D eigenvalue weighted by atomic mass is 35.5. The first-order valence-corrected chi connectivity index (χ1v) is 6.01. The van der Waals surface area contributed by atoms with Crippen LogP contribution in [0.1, 0.15) is 13.8 Å². The molecule has 1 fully saturated rings. The Morgan fingerprint density at radius 3 is 2.12 bits per heavy atom. The molecule has 0 unspecified atom stereocenters. The van der Waals surface area contributed by atoms with Gasteiger partial charge in [0.05, 0.1) is 0 Å². The molecule has 2 nitrogen and oxygen atoms in total. The Labute approximate surface area is 104 Å². The Balaban J connectivity index is 2.77. The SMILES string of the molecule is C=C(C)/C=C(\C=C(C)Cl)N1CCN(C)CC1. The van der Waals surface area contributed by atoms with Gasteiger partial charge in [-0.25, -0.2) is 0 Å². The predicted octanol–water partition coefficient (Wildman–Crippen LogP) is 2.84. The maximum atomic E-state index is 5.96. The fraction of sp³-hybridized carbons (Fsp3) is 0.538. The van der Waals surface area contributed by atoms with E-state index >= 15 is 0 Å². The van der Waals surface area contributed by atoms with Crippen molar-refractivity contribution in [1.29, 1.82) is 0 Å². The molecule has 0 N–H and O–H groups in total. The van der Waals surface area contributed by atoms with Crippen LogP contribution in [-0.4, -0.2) is 43.0 Å². The lowest BCUT2D eigenvalue weighted by Crippen LogP contribution is -2.43. The van der Waals surface area contributed by atoms with Crippen molar-refractivity contribution in [3.63, 3.8) is 0 Å². The van der Waals surface area contributed by atoms with Crippen LogP contribution in [0.4, 0.5) is 0 Å². The van der Waals surface area contributed by atoms with Crippen LogP contribution in [0.25, 0.3) is 0 Å². The number of allylic oxidation sites excluding steroid dienone is 4. The summed E-state index contributed by atoms with van der Waals surface area (Å²) in [6.07, 6.45) is 4.11. The van der Waals surface area contributed by atoms with Gasteiger partial charge in [0.2, 0.25) is 0 Å². The Morgan fingerprint density at radius 2 is 1.69 bits per heavy atom. The maximum absolute atomic E-state index is 5.96. The predicted molar refractivity (Wildman–Crippen MR) is 71.6 cm³/mol. The van der Waals surface area contributed by atoms with Crippen molar-refractivity contribution in [2.75, 3.05) is 33.2 Å². The standard InChI is InChI=1S/C13H21ClN2/c1-11(2)9-13(10-12(3)14)16-7-5-15(4)6-8-16/h9-10H,1,5-8H2,2-4H3/b12-10?,13-9+. The van der Waals surface area contributed by atoms with E-state index in [1.165, 1.54) is 5.70 Å². The molecule has 0 saturated carbocycles. The molecule has 0 radical (unpaired) electrons. The molecule has 1 heterocycles. The van der Waals surface area contributed by atoms with Gasteiger partial charge in [0.25, 0.3) is 0 Å². The topological polar surface area (TPSA) is 6.48 Å². The first-order chi connectivity index (χ1) is 7.49. The van der Waals surface area contributed by atoms with Gasteiger partial charge in [0.1, 0.15) is 0 Å². The average molecular weight is 241 g/mol. The lowest BCUT2D eigenvalue weighted by molar-refractivity contribution is 0.190. The number of rotatable bonds is 3. The summed E-state index contributed by atoms with van der Waals surface area (Å²) < 4.78 is 0. The molecule has 90 valence electrons. The summed E-state index contributed by atoms with van der Waals surface area (Å²) in [6, 6.07) is 0. The normalized spacial score (nSPS) is 20.1. The maximum Gasteiger partial charge on any atom is 0.0381 e. The monoisotopic (exact) mass is 240 g/mol. The highest BCUT2D eigenvalue weighted by Gasteiger charge is 2.14. The summed E-state index contributed by atoms with van der Waals surface area (Å²) in [6.45, 7) is 12.1. The zero-order chi connectivity index (χ0) is 12.1. The molecule has 0 bridgehead atoms. The van der Waals surface area contributed by atoms with Crippen molar-refractivity contribution >= 4 is 11.6 Å². The third kappa shape index (κ3) is 4.42. The van der Waals surface area contributed by atoms with Crippen LogP contribution in [0, 0.1) is 0 Å². The minimum atomic E-state index is 0.812. The van der Waals surface area contributed by atoms with Gasteiger partial charge >= 0.3 is 0 Å². The highest BCUT2D eigenvalue weighted by molar-refractivity contribution is 6.29. The molecular weight excluding hydrogens is 220 g/mol. The van der Waals surface area contributed by atoms with Gasteiger partial charge in [-0.1, -0.05) is 23.8 Å². The highest BCUT2D eigenvalue weighted by Crippen LogP contribution is 2.15. The summed E-state index contributed by atoms with van der Waals surface area (Å²) in [5.41, 5.74) is 2.23. The van der Waals surface area contributed by atoms with Crippen molar-refractivity contribution in [3.8, 4) is 0 Å². The molecule has 0 aliphatic carbocycles. The van der Waals surface area contributed by atoms with Crippen LogP contribution in [-0.2, 0) is 0 Å². The molecule has 3 heteroatoms. The van der Waals surface area contributed by atoms with Crippen molar-refractivity contribution in [1.82, 2.24) is 9.80 Å². The van der Waals surface area contributed by atoms with Gasteiger partial charge < -0.3 is 9.80 Å². The molecule has 0 aromatic carbocycles. The van der Waals surface area contributed by atoms with Crippen LogP contribution < -0.4 is 0 Å². The van der Waals surface area contributed by atoms with Gasteiger partial charge in [-0.3, -0.25) is 0 Å². The van der Waals surface area contributed by atoms with Gasteiger partial charge in [0.15, 0.2) is 0 Å². The molecule has 0 aromatic heterocycles. The van der Waals surface area contributed by atoms with E-state index < -0.39 is 0 Å². The third-order valence-corrected chi connectivity index (χ3v) is 2.72. The summed E-state index contributed by atoms with van der Waals surface area (Å²) in [4.78, 5) is 4.70. The summed E-state index contributed by atoms with van der Waals surface area (Å²) >= 11 is 5.96. The molecule has 0 amide bonds. The first-order valence-electron chi connectivity index (χ1n) is 5.63. The Morgan fingerprint density at radius 1 is 1.12 bits per heavy atom. The number of halogens is 1. The van der Waals surface area contributed by atoms with Crippen molar-refractivity contribution in [3.05, 3.63) is 35.0 Å². The number of nitrogens with zero attached hydrogens (tertiary/aromatic N) is 2. The fourth-order valence-corrected chi connectivity index (χ4v) is 1.86. The van der Waals surface area contributed by atoms with Crippen LogP contribution in [0.2, 0.25) is 0 Å². The van der Waals surface area contributed by atoms with Crippen molar-refractivity contribution in [2.24, 2.45) is 0 Å². The van der Waals surface area contributed by atoms with Gasteiger partial charge in [-0.2, -0.15) is 0 Å². The Kier molecular flexibility index (Phi) is 5.10. The molecule has 0 aromatic rings. The lowest BCUT2D eigenvalue weighted by atomic mass is 10.2. The van der Waals surface area contributed by atoms with Crippen LogP contribution in [0.3, 0.4) is 0 Å². The van der Waals surface area contributed by atoms with Crippen LogP contribution >= 0.6 is 11.6 Å². The zero-order valence-corrected chi connectivity index (χ0v) is 11.2. The molecular formula is C13H21ClN2. The second-order valence-corrected chi connectivity index (χ2v) is 5.03. The summed E-state index contributed by atoms with van der Waals surface area (Å²) in [5.74, 6) is 0. The number of hydrogen-bond donors (Lipinski definition) is 0. The van der Waals surface area contributed by atoms with E-state index in [1.54, 1.807) is 0 Å². The lowest BCUT2D eigenvalue weighted by Gasteiger charge is -2.34. The average Bonchev–Trinajstić information content (AvgIpc) is 2.16. The van der Waals surface area contributed by atoms with Gasteiger partial charge in [0, 0.05) is 36.9 Å². The second kappa shape index (κ2) is 6.12. The van der Waals surface area contributed by atoms with E-state index in [0.717, 1.165) is 36.8 Å². The van der Waals surface area contributed by atoms with Gasteiger partial charge in [-0.15, -0.1) is 0 Å². The Bertz CT molecular complexity index is 306. The van der Waals surface area contributed by atoms with Crippen molar-refractivity contribution < 1.29 is 0 Å². The summed E-state index contributed by atoms with van der Waals surface area (Å²) in [5, 5.41) is 0.812. The van der Waals surface area contributed by atoms with Crippen LogP contribution in [0.5, 0.6) is 0 Å². The zero-order valence-electron chi connectivity index (χ0n) is 10.5. The van der Waals surface area contributed by atoms with Crippen molar-refractivity contribution in [2.45, 2.75) is 13.8 Å². The van der Waals surface area contributed by atoms with E-state index in [2.05, 4.69) is 29.5 Å². The van der Waals surface area contributed by atoms with E-state index in [4.69, 9.17) is 11.6 Å². The Hall–Kier alpha value is -0.730. The molecule has 1 aliphatic heterocycles. The minimum Gasteiger partial charge on any atom is -0.369 e. The van der Waals surface area contributed by atoms with E-state index in [0.29, 0.717) is 0 Å².